The Bertz CT molecular complexity index is 1260. The number of benzene rings is 2. The summed E-state index contributed by atoms with van der Waals surface area (Å²) in [7, 11) is 0. The molecule has 172 valence electrons. The van der Waals surface area contributed by atoms with Crippen LogP contribution in [-0.4, -0.2) is 65.1 Å². The number of rotatable bonds is 2. The standard InChI is InChI=1S/C27H25N3O4/c31-25-21-9-4-3-8-20(21)23(24-19-7-2-1-6-18(19)11-12-30(24)25)27(33)29-15-13-28(14-16-29)26(32)22-10-5-17-34-22/h1-10,17,23-24H,11-16H2/t23-,24-/m1/s1. The maximum Gasteiger partial charge on any atom is 0.289 e. The second kappa shape index (κ2) is 8.17. The maximum absolute atomic E-state index is 14.1. The minimum Gasteiger partial charge on any atom is -0.459 e. The highest BCUT2D eigenvalue weighted by Crippen LogP contribution is 2.46. The van der Waals surface area contributed by atoms with Crippen molar-refractivity contribution in [2.75, 3.05) is 32.7 Å². The summed E-state index contributed by atoms with van der Waals surface area (Å²) < 4.78 is 5.25. The van der Waals surface area contributed by atoms with E-state index in [9.17, 15) is 14.4 Å². The number of furan rings is 1. The van der Waals surface area contributed by atoms with Crippen LogP contribution in [0.2, 0.25) is 0 Å². The van der Waals surface area contributed by atoms with Gasteiger partial charge in [0.25, 0.3) is 11.8 Å². The number of amides is 3. The van der Waals surface area contributed by atoms with E-state index in [1.165, 1.54) is 11.8 Å². The Balaban J connectivity index is 1.32. The van der Waals surface area contributed by atoms with Crippen molar-refractivity contribution in [3.8, 4) is 0 Å². The SMILES string of the molecule is O=C(c1ccco1)N1CCN(C(=O)[C@@H]2c3ccccc3C(=O)N3CCc4ccccc4[C@H]23)CC1. The van der Waals surface area contributed by atoms with Crippen molar-refractivity contribution in [1.82, 2.24) is 14.7 Å². The number of carbonyl (C=O) groups is 3. The van der Waals surface area contributed by atoms with Gasteiger partial charge in [-0.15, -0.1) is 0 Å². The molecule has 0 radical (unpaired) electrons. The van der Waals surface area contributed by atoms with Crippen LogP contribution >= 0.6 is 0 Å². The van der Waals surface area contributed by atoms with E-state index in [0.29, 0.717) is 44.0 Å². The lowest BCUT2D eigenvalue weighted by molar-refractivity contribution is -0.136. The largest absolute Gasteiger partial charge is 0.459 e. The predicted molar refractivity (Wildman–Crippen MR) is 124 cm³/mol. The zero-order chi connectivity index (χ0) is 23.2. The molecule has 2 aromatic carbocycles. The summed E-state index contributed by atoms with van der Waals surface area (Å²) in [6.07, 6.45) is 2.28. The molecule has 3 aromatic rings. The van der Waals surface area contributed by atoms with Gasteiger partial charge in [0.05, 0.1) is 18.2 Å². The van der Waals surface area contributed by atoms with Gasteiger partial charge in [0.1, 0.15) is 0 Å². The van der Waals surface area contributed by atoms with Gasteiger partial charge in [-0.25, -0.2) is 0 Å². The summed E-state index contributed by atoms with van der Waals surface area (Å²) >= 11 is 0. The zero-order valence-corrected chi connectivity index (χ0v) is 18.7. The van der Waals surface area contributed by atoms with Crippen molar-refractivity contribution < 1.29 is 18.8 Å². The molecule has 34 heavy (non-hydrogen) atoms. The molecule has 0 unspecified atom stereocenters. The Labute approximate surface area is 197 Å². The van der Waals surface area contributed by atoms with Crippen LogP contribution in [0.3, 0.4) is 0 Å². The van der Waals surface area contributed by atoms with Crippen molar-refractivity contribution in [3.05, 3.63) is 94.9 Å². The van der Waals surface area contributed by atoms with Gasteiger partial charge in [-0.3, -0.25) is 14.4 Å². The lowest BCUT2D eigenvalue weighted by Crippen LogP contribution is -2.55. The topological polar surface area (TPSA) is 74.1 Å². The highest BCUT2D eigenvalue weighted by atomic mass is 16.3. The van der Waals surface area contributed by atoms with Gasteiger partial charge in [0, 0.05) is 38.3 Å². The number of hydrogen-bond acceptors (Lipinski definition) is 4. The summed E-state index contributed by atoms with van der Waals surface area (Å²) in [6, 6.07) is 18.7. The monoisotopic (exact) mass is 455 g/mol. The molecule has 7 heteroatoms. The molecule has 3 amide bonds. The van der Waals surface area contributed by atoms with Gasteiger partial charge in [0.15, 0.2) is 5.76 Å². The van der Waals surface area contributed by atoms with Crippen molar-refractivity contribution in [3.63, 3.8) is 0 Å². The molecule has 0 aliphatic carbocycles. The molecule has 1 fully saturated rings. The highest BCUT2D eigenvalue weighted by molar-refractivity contribution is 6.01. The number of nitrogens with zero attached hydrogens (tertiary/aromatic N) is 3. The Kier molecular flexibility index (Phi) is 4.98. The minimum atomic E-state index is -0.470. The van der Waals surface area contributed by atoms with E-state index in [4.69, 9.17) is 4.42 Å². The molecule has 3 aliphatic heterocycles. The molecule has 0 N–H and O–H groups in total. The normalized spacial score (nSPS) is 21.5. The number of hydrogen-bond donors (Lipinski definition) is 0. The minimum absolute atomic E-state index is 0.00647. The lowest BCUT2D eigenvalue weighted by atomic mass is 9.75. The van der Waals surface area contributed by atoms with Crippen molar-refractivity contribution in [2.45, 2.75) is 18.4 Å². The molecule has 2 atom stereocenters. The highest BCUT2D eigenvalue weighted by Gasteiger charge is 2.47. The molecule has 7 nitrogen and oxygen atoms in total. The predicted octanol–water partition coefficient (Wildman–Crippen LogP) is 3.10. The van der Waals surface area contributed by atoms with Gasteiger partial charge in [0.2, 0.25) is 5.91 Å². The van der Waals surface area contributed by atoms with Gasteiger partial charge in [-0.1, -0.05) is 42.5 Å². The summed E-state index contributed by atoms with van der Waals surface area (Å²) in [5.41, 5.74) is 3.66. The van der Waals surface area contributed by atoms with E-state index in [1.54, 1.807) is 17.0 Å². The second-order valence-electron chi connectivity index (χ2n) is 9.05. The van der Waals surface area contributed by atoms with Crippen molar-refractivity contribution >= 4 is 17.7 Å². The van der Waals surface area contributed by atoms with Crippen LogP contribution in [0.4, 0.5) is 0 Å². The summed E-state index contributed by atoms with van der Waals surface area (Å²) in [5, 5.41) is 0. The molecule has 3 aliphatic rings. The third-order valence-corrected chi connectivity index (χ3v) is 7.31. The number of piperazine rings is 1. The number of carbonyl (C=O) groups excluding carboxylic acids is 3. The fraction of sp³-hybridized carbons (Fsp3) is 0.296. The Morgan fingerprint density at radius 3 is 2.26 bits per heavy atom. The summed E-state index contributed by atoms with van der Waals surface area (Å²) in [4.78, 5) is 45.5. The van der Waals surface area contributed by atoms with E-state index >= 15 is 0 Å². The summed E-state index contributed by atoms with van der Waals surface area (Å²) in [5.74, 6) is -0.306. The Hall–Kier alpha value is -3.87. The average Bonchev–Trinajstić information content (AvgIpc) is 3.43. The van der Waals surface area contributed by atoms with Crippen LogP contribution < -0.4 is 0 Å². The second-order valence-corrected chi connectivity index (χ2v) is 9.05. The third kappa shape index (κ3) is 3.22. The van der Waals surface area contributed by atoms with Gasteiger partial charge < -0.3 is 19.1 Å². The Morgan fingerprint density at radius 2 is 1.50 bits per heavy atom. The fourth-order valence-corrected chi connectivity index (χ4v) is 5.62. The van der Waals surface area contributed by atoms with E-state index in [2.05, 4.69) is 6.07 Å². The van der Waals surface area contributed by atoms with Crippen molar-refractivity contribution in [1.29, 1.82) is 0 Å². The van der Waals surface area contributed by atoms with Gasteiger partial charge in [-0.2, -0.15) is 0 Å². The van der Waals surface area contributed by atoms with E-state index in [-0.39, 0.29) is 23.8 Å². The number of fused-ring (bicyclic) bond motifs is 4. The van der Waals surface area contributed by atoms with E-state index in [0.717, 1.165) is 17.5 Å². The van der Waals surface area contributed by atoms with Crippen LogP contribution in [-0.2, 0) is 11.2 Å². The first-order valence-electron chi connectivity index (χ1n) is 11.7. The van der Waals surface area contributed by atoms with E-state index in [1.807, 2.05) is 52.3 Å². The fourth-order valence-electron chi connectivity index (χ4n) is 5.62. The molecule has 6 rings (SSSR count). The van der Waals surface area contributed by atoms with Crippen LogP contribution in [0.1, 0.15) is 49.6 Å². The first kappa shape index (κ1) is 20.7. The maximum atomic E-state index is 14.1. The molecular weight excluding hydrogens is 430 g/mol. The van der Waals surface area contributed by atoms with Crippen molar-refractivity contribution in [2.24, 2.45) is 0 Å². The first-order chi connectivity index (χ1) is 16.6. The van der Waals surface area contributed by atoms with E-state index < -0.39 is 5.92 Å². The molecule has 1 saturated heterocycles. The van der Waals surface area contributed by atoms with Gasteiger partial charge >= 0.3 is 0 Å². The quantitative estimate of drug-likeness (QED) is 0.595. The zero-order valence-electron chi connectivity index (χ0n) is 18.7. The molecule has 1 aromatic heterocycles. The van der Waals surface area contributed by atoms with Crippen LogP contribution in [0.15, 0.2) is 71.3 Å². The average molecular weight is 456 g/mol. The molecule has 0 saturated carbocycles. The first-order valence-corrected chi connectivity index (χ1v) is 11.7. The molecule has 4 heterocycles. The molecule has 0 bridgehead atoms. The van der Waals surface area contributed by atoms with Crippen LogP contribution in [0.5, 0.6) is 0 Å². The smallest absolute Gasteiger partial charge is 0.289 e. The third-order valence-electron chi connectivity index (χ3n) is 7.31. The molecule has 0 spiro atoms. The lowest BCUT2D eigenvalue weighted by Gasteiger charge is -2.47. The van der Waals surface area contributed by atoms with Crippen LogP contribution in [0.25, 0.3) is 0 Å². The van der Waals surface area contributed by atoms with Gasteiger partial charge in [-0.05, 0) is 41.3 Å². The molecular formula is C27H25N3O4. The van der Waals surface area contributed by atoms with Crippen LogP contribution in [0, 0.1) is 0 Å². The summed E-state index contributed by atoms with van der Waals surface area (Å²) in [6.45, 7) is 2.40. The Morgan fingerprint density at radius 1 is 0.794 bits per heavy atom.